The Bertz CT molecular complexity index is 601. The quantitative estimate of drug-likeness (QED) is 0.758. The average Bonchev–Trinajstić information content (AvgIpc) is 3.06. The average molecular weight is 383 g/mol. The highest BCUT2D eigenvalue weighted by Crippen LogP contribution is 2.33. The van der Waals surface area contributed by atoms with Crippen LogP contribution in [-0.4, -0.2) is 32.2 Å². The first kappa shape index (κ1) is 20.8. The summed E-state index contributed by atoms with van der Waals surface area (Å²) >= 11 is 0. The van der Waals surface area contributed by atoms with Crippen molar-refractivity contribution in [1.82, 2.24) is 10.6 Å². The Labute approximate surface area is 162 Å². The lowest BCUT2D eigenvalue weighted by Crippen LogP contribution is -2.49. The number of amides is 1. The molecule has 6 heteroatoms. The lowest BCUT2D eigenvalue weighted by atomic mass is 9.88. The molecule has 146 valence electrons. The molecule has 1 aromatic rings. The van der Waals surface area contributed by atoms with Crippen LogP contribution in [0.4, 0.5) is 0 Å². The Kier molecular flexibility index (Phi) is 7.59. The number of hydrogen-bond acceptors (Lipinski definition) is 4. The Morgan fingerprint density at radius 1 is 1.19 bits per heavy atom. The highest BCUT2D eigenvalue weighted by Gasteiger charge is 2.29. The lowest BCUT2D eigenvalue weighted by Gasteiger charge is -2.32. The number of halogens is 1. The van der Waals surface area contributed by atoms with Crippen LogP contribution in [-0.2, 0) is 4.79 Å². The van der Waals surface area contributed by atoms with E-state index in [1.54, 1.807) is 7.11 Å². The zero-order chi connectivity index (χ0) is 17.8. The Morgan fingerprint density at radius 2 is 1.88 bits per heavy atom. The highest BCUT2D eigenvalue weighted by molar-refractivity contribution is 5.85. The molecule has 1 saturated carbocycles. The van der Waals surface area contributed by atoms with E-state index in [1.807, 2.05) is 32.0 Å². The van der Waals surface area contributed by atoms with Crippen molar-refractivity contribution in [3.8, 4) is 11.5 Å². The molecule has 5 nitrogen and oxygen atoms in total. The number of benzene rings is 1. The van der Waals surface area contributed by atoms with Crippen LogP contribution in [0.25, 0.3) is 0 Å². The summed E-state index contributed by atoms with van der Waals surface area (Å²) in [5.41, 5.74) is 1.03. The number of methoxy groups -OCH3 is 1. The molecule has 1 heterocycles. The standard InChI is InChI=1S/C20H30N2O3.ClH/c1-13(16-11-21-12-16)20(23)22-14(2)15-8-9-18(19(10-15)24-3)25-17-6-4-5-7-17;/h8-10,13-14,16-17,21H,4-7,11-12H2,1-3H3,(H,22,23);1H. The van der Waals surface area contributed by atoms with E-state index in [9.17, 15) is 4.79 Å². The summed E-state index contributed by atoms with van der Waals surface area (Å²) in [7, 11) is 1.66. The summed E-state index contributed by atoms with van der Waals surface area (Å²) in [4.78, 5) is 12.4. The van der Waals surface area contributed by atoms with E-state index in [-0.39, 0.29) is 30.3 Å². The van der Waals surface area contributed by atoms with Gasteiger partial charge in [-0.3, -0.25) is 4.79 Å². The molecule has 26 heavy (non-hydrogen) atoms. The second-order valence-electron chi connectivity index (χ2n) is 7.37. The number of hydrogen-bond donors (Lipinski definition) is 2. The van der Waals surface area contributed by atoms with E-state index in [0.29, 0.717) is 12.0 Å². The fourth-order valence-electron chi connectivity index (χ4n) is 3.54. The normalized spacial score (nSPS) is 19.8. The van der Waals surface area contributed by atoms with Gasteiger partial charge in [-0.1, -0.05) is 13.0 Å². The van der Waals surface area contributed by atoms with Crippen LogP contribution in [0, 0.1) is 11.8 Å². The highest BCUT2D eigenvalue weighted by atomic mass is 35.5. The van der Waals surface area contributed by atoms with E-state index < -0.39 is 0 Å². The van der Waals surface area contributed by atoms with Crippen LogP contribution < -0.4 is 20.1 Å². The van der Waals surface area contributed by atoms with Gasteiger partial charge in [-0.2, -0.15) is 0 Å². The predicted molar refractivity (Wildman–Crippen MR) is 105 cm³/mol. The van der Waals surface area contributed by atoms with Crippen LogP contribution in [0.2, 0.25) is 0 Å². The summed E-state index contributed by atoms with van der Waals surface area (Å²) in [6.45, 7) is 5.89. The van der Waals surface area contributed by atoms with E-state index in [2.05, 4.69) is 10.6 Å². The number of rotatable bonds is 7. The first-order chi connectivity index (χ1) is 12.1. The molecule has 1 aromatic carbocycles. The van der Waals surface area contributed by atoms with E-state index in [4.69, 9.17) is 9.47 Å². The third kappa shape index (κ3) is 4.83. The van der Waals surface area contributed by atoms with Crippen LogP contribution in [0.15, 0.2) is 18.2 Å². The molecule has 1 saturated heterocycles. The minimum atomic E-state index is -0.0579. The van der Waals surface area contributed by atoms with E-state index >= 15 is 0 Å². The van der Waals surface area contributed by atoms with Gasteiger partial charge in [-0.05, 0) is 69.3 Å². The first-order valence-electron chi connectivity index (χ1n) is 9.44. The first-order valence-corrected chi connectivity index (χ1v) is 9.44. The monoisotopic (exact) mass is 382 g/mol. The van der Waals surface area contributed by atoms with Crippen molar-refractivity contribution in [1.29, 1.82) is 0 Å². The number of nitrogens with one attached hydrogen (secondary N) is 2. The van der Waals surface area contributed by atoms with Crippen molar-refractivity contribution in [3.63, 3.8) is 0 Å². The molecule has 0 radical (unpaired) electrons. The van der Waals surface area contributed by atoms with Gasteiger partial charge in [-0.15, -0.1) is 12.4 Å². The molecule has 2 atom stereocenters. The van der Waals surface area contributed by atoms with Crippen LogP contribution in [0.1, 0.15) is 51.1 Å². The third-order valence-corrected chi connectivity index (χ3v) is 5.58. The summed E-state index contributed by atoms with van der Waals surface area (Å²) in [6, 6.07) is 5.91. The number of ether oxygens (including phenoxy) is 2. The Balaban J connectivity index is 0.00000243. The summed E-state index contributed by atoms with van der Waals surface area (Å²) in [6.07, 6.45) is 5.01. The summed E-state index contributed by atoms with van der Waals surface area (Å²) < 4.78 is 11.6. The fourth-order valence-corrected chi connectivity index (χ4v) is 3.54. The molecule has 2 N–H and O–H groups in total. The fraction of sp³-hybridized carbons (Fsp3) is 0.650. The second kappa shape index (κ2) is 9.47. The molecule has 1 amide bonds. The molecule has 1 aliphatic heterocycles. The van der Waals surface area contributed by atoms with Gasteiger partial charge in [0.2, 0.25) is 5.91 Å². The maximum absolute atomic E-state index is 12.4. The third-order valence-electron chi connectivity index (χ3n) is 5.58. The van der Waals surface area contributed by atoms with Crippen molar-refractivity contribution < 1.29 is 14.3 Å². The molecule has 3 rings (SSSR count). The SMILES string of the molecule is COc1cc(C(C)NC(=O)C(C)C2CNC2)ccc1OC1CCCC1.Cl. The van der Waals surface area contributed by atoms with Gasteiger partial charge in [0.1, 0.15) is 0 Å². The van der Waals surface area contributed by atoms with Gasteiger partial charge in [0.25, 0.3) is 0 Å². The van der Waals surface area contributed by atoms with Crippen LogP contribution in [0.5, 0.6) is 11.5 Å². The molecule has 2 unspecified atom stereocenters. The lowest BCUT2D eigenvalue weighted by molar-refractivity contribution is -0.127. The number of carbonyl (C=O) groups is 1. The van der Waals surface area contributed by atoms with Gasteiger partial charge in [0.05, 0.1) is 19.3 Å². The molecule has 2 fully saturated rings. The predicted octanol–water partition coefficient (Wildman–Crippen LogP) is 3.47. The van der Waals surface area contributed by atoms with Gasteiger partial charge in [0.15, 0.2) is 11.5 Å². The van der Waals surface area contributed by atoms with E-state index in [1.165, 1.54) is 12.8 Å². The zero-order valence-corrected chi connectivity index (χ0v) is 16.7. The second-order valence-corrected chi connectivity index (χ2v) is 7.37. The Morgan fingerprint density at radius 3 is 2.46 bits per heavy atom. The van der Waals surface area contributed by atoms with Gasteiger partial charge in [-0.25, -0.2) is 0 Å². The Hall–Kier alpha value is -1.46. The maximum Gasteiger partial charge on any atom is 0.223 e. The van der Waals surface area contributed by atoms with Crippen LogP contribution in [0.3, 0.4) is 0 Å². The molecule has 0 bridgehead atoms. The zero-order valence-electron chi connectivity index (χ0n) is 15.9. The molecule has 0 aromatic heterocycles. The molecule has 2 aliphatic rings. The van der Waals surface area contributed by atoms with Gasteiger partial charge < -0.3 is 20.1 Å². The van der Waals surface area contributed by atoms with Gasteiger partial charge >= 0.3 is 0 Å². The van der Waals surface area contributed by atoms with Crippen molar-refractivity contribution in [3.05, 3.63) is 23.8 Å². The van der Waals surface area contributed by atoms with Gasteiger partial charge in [0, 0.05) is 5.92 Å². The largest absolute Gasteiger partial charge is 0.493 e. The molecular weight excluding hydrogens is 352 g/mol. The molecule has 1 aliphatic carbocycles. The van der Waals surface area contributed by atoms with Crippen molar-refractivity contribution >= 4 is 18.3 Å². The van der Waals surface area contributed by atoms with Crippen molar-refractivity contribution in [2.24, 2.45) is 11.8 Å². The summed E-state index contributed by atoms with van der Waals surface area (Å²) in [5, 5.41) is 6.35. The molecule has 0 spiro atoms. The van der Waals surface area contributed by atoms with Crippen LogP contribution >= 0.6 is 12.4 Å². The number of carbonyl (C=O) groups excluding carboxylic acids is 1. The minimum absolute atomic E-state index is 0. The maximum atomic E-state index is 12.4. The molecular formula is C20H31ClN2O3. The van der Waals surface area contributed by atoms with Crippen molar-refractivity contribution in [2.75, 3.05) is 20.2 Å². The topological polar surface area (TPSA) is 59.6 Å². The smallest absolute Gasteiger partial charge is 0.223 e. The van der Waals surface area contributed by atoms with Crippen molar-refractivity contribution in [2.45, 2.75) is 51.7 Å². The summed E-state index contributed by atoms with van der Waals surface area (Å²) in [5.74, 6) is 2.14. The van der Waals surface area contributed by atoms with E-state index in [0.717, 1.165) is 43.0 Å². The minimum Gasteiger partial charge on any atom is -0.493 e.